The minimum absolute atomic E-state index is 0.119. The second-order valence-corrected chi connectivity index (χ2v) is 6.71. The van der Waals surface area contributed by atoms with Gasteiger partial charge in [0.2, 0.25) is 5.91 Å². The highest BCUT2D eigenvalue weighted by Crippen LogP contribution is 2.14. The predicted octanol–water partition coefficient (Wildman–Crippen LogP) is 1.13. The predicted molar refractivity (Wildman–Crippen MR) is 108 cm³/mol. The van der Waals surface area contributed by atoms with Crippen LogP contribution in [-0.4, -0.2) is 45.1 Å². The molecular weight excluding hydrogens is 372 g/mol. The van der Waals surface area contributed by atoms with Gasteiger partial charge in [0.1, 0.15) is 18.1 Å². The summed E-state index contributed by atoms with van der Waals surface area (Å²) < 4.78 is 7.79. The van der Waals surface area contributed by atoms with Crippen LogP contribution in [0.25, 0.3) is 5.69 Å². The van der Waals surface area contributed by atoms with Gasteiger partial charge in [-0.3, -0.25) is 9.36 Å². The normalized spacial score (nSPS) is 11.8. The zero-order valence-corrected chi connectivity index (χ0v) is 16.4. The lowest BCUT2D eigenvalue weighted by molar-refractivity contribution is -0.122. The Labute approximate surface area is 168 Å². The molecule has 0 saturated heterocycles. The van der Waals surface area contributed by atoms with E-state index in [1.807, 2.05) is 30.3 Å². The summed E-state index contributed by atoms with van der Waals surface area (Å²) in [5.74, 6) is 0.782. The molecule has 8 heteroatoms. The van der Waals surface area contributed by atoms with Crippen LogP contribution in [0.3, 0.4) is 0 Å². The van der Waals surface area contributed by atoms with Gasteiger partial charge in [0.15, 0.2) is 0 Å². The largest absolute Gasteiger partial charge is 0.497 e. The Balaban J connectivity index is 1.95. The monoisotopic (exact) mass is 396 g/mol. The molecular formula is C21H24N4O4. The van der Waals surface area contributed by atoms with Crippen LogP contribution in [0.5, 0.6) is 5.75 Å². The average Bonchev–Trinajstić information content (AvgIpc) is 3.02. The summed E-state index contributed by atoms with van der Waals surface area (Å²) in [5, 5.41) is 16.4. The van der Waals surface area contributed by atoms with E-state index in [2.05, 4.69) is 10.4 Å². The van der Waals surface area contributed by atoms with Crippen LogP contribution in [0.4, 0.5) is 0 Å². The van der Waals surface area contributed by atoms with Crippen molar-refractivity contribution in [3.63, 3.8) is 0 Å². The van der Waals surface area contributed by atoms with Gasteiger partial charge in [-0.25, -0.2) is 4.79 Å². The van der Waals surface area contributed by atoms with Gasteiger partial charge in [-0.15, -0.1) is 5.10 Å². The zero-order chi connectivity index (χ0) is 20.8. The third-order valence-corrected chi connectivity index (χ3v) is 4.36. The molecule has 8 nitrogen and oxygen atoms in total. The van der Waals surface area contributed by atoms with Gasteiger partial charge in [0.25, 0.3) is 0 Å². The lowest BCUT2D eigenvalue weighted by atomic mass is 10.1. The summed E-state index contributed by atoms with van der Waals surface area (Å²) in [7, 11) is 1.57. The van der Waals surface area contributed by atoms with Crippen LogP contribution >= 0.6 is 0 Å². The summed E-state index contributed by atoms with van der Waals surface area (Å²) in [4.78, 5) is 25.3. The van der Waals surface area contributed by atoms with Gasteiger partial charge in [0, 0.05) is 13.0 Å². The minimum atomic E-state index is -0.665. The van der Waals surface area contributed by atoms with Crippen LogP contribution < -0.4 is 15.7 Å². The molecule has 2 N–H and O–H groups in total. The molecule has 29 heavy (non-hydrogen) atoms. The molecule has 0 fully saturated rings. The van der Waals surface area contributed by atoms with Gasteiger partial charge in [0.05, 0.1) is 18.9 Å². The molecule has 2 aromatic carbocycles. The lowest BCUT2D eigenvalue weighted by Crippen LogP contribution is -2.36. The number of ether oxygens (including phenoxy) is 1. The van der Waals surface area contributed by atoms with Crippen molar-refractivity contribution in [2.45, 2.75) is 26.0 Å². The molecule has 0 bridgehead atoms. The number of aromatic nitrogens is 3. The smallest absolute Gasteiger partial charge is 0.351 e. The van der Waals surface area contributed by atoms with Crippen LogP contribution in [-0.2, 0) is 17.8 Å². The van der Waals surface area contributed by atoms with Crippen molar-refractivity contribution in [2.75, 3.05) is 13.7 Å². The maximum absolute atomic E-state index is 13.0. The van der Waals surface area contributed by atoms with E-state index in [1.54, 1.807) is 38.3 Å². The molecule has 0 aliphatic heterocycles. The van der Waals surface area contributed by atoms with Gasteiger partial charge >= 0.3 is 5.69 Å². The number of aliphatic hydroxyl groups is 1. The van der Waals surface area contributed by atoms with Crippen molar-refractivity contribution in [2.24, 2.45) is 0 Å². The minimum Gasteiger partial charge on any atom is -0.497 e. The molecule has 0 radical (unpaired) electrons. The van der Waals surface area contributed by atoms with E-state index < -0.39 is 11.8 Å². The standard InChI is InChI=1S/C21H24N4O4/c1-15(26)13-22-20(27)14-24-19(12-16-6-4-3-5-7-16)23-25(21(24)28)17-8-10-18(29-2)11-9-17/h3-11,15,26H,12-14H2,1-2H3,(H,22,27)/t15-/m0/s1. The maximum atomic E-state index is 13.0. The van der Waals surface area contributed by atoms with Crippen molar-refractivity contribution < 1.29 is 14.6 Å². The Hall–Kier alpha value is -3.39. The third-order valence-electron chi connectivity index (χ3n) is 4.36. The first-order valence-electron chi connectivity index (χ1n) is 9.29. The van der Waals surface area contributed by atoms with Gasteiger partial charge in [-0.2, -0.15) is 4.68 Å². The second-order valence-electron chi connectivity index (χ2n) is 6.71. The molecule has 1 aromatic heterocycles. The van der Waals surface area contributed by atoms with E-state index in [1.165, 1.54) is 9.25 Å². The highest BCUT2D eigenvalue weighted by atomic mass is 16.5. The number of nitrogens with zero attached hydrogens (tertiary/aromatic N) is 3. The average molecular weight is 396 g/mol. The van der Waals surface area contributed by atoms with Crippen molar-refractivity contribution in [1.29, 1.82) is 0 Å². The first kappa shape index (κ1) is 20.3. The summed E-state index contributed by atoms with van der Waals surface area (Å²) in [5.41, 5.74) is 1.14. The van der Waals surface area contributed by atoms with Crippen LogP contribution in [0.1, 0.15) is 18.3 Å². The molecule has 0 unspecified atom stereocenters. The van der Waals surface area contributed by atoms with E-state index in [0.29, 0.717) is 23.7 Å². The Kier molecular flexibility index (Phi) is 6.46. The highest BCUT2D eigenvalue weighted by Gasteiger charge is 2.18. The Morgan fingerprint density at radius 3 is 2.48 bits per heavy atom. The van der Waals surface area contributed by atoms with Gasteiger partial charge in [-0.05, 0) is 36.8 Å². The molecule has 152 valence electrons. The summed E-state index contributed by atoms with van der Waals surface area (Å²) in [6, 6.07) is 16.6. The van der Waals surface area contributed by atoms with E-state index in [-0.39, 0.29) is 19.0 Å². The number of methoxy groups -OCH3 is 1. The van der Waals surface area contributed by atoms with E-state index in [9.17, 15) is 14.7 Å². The molecule has 1 amide bonds. The second kappa shape index (κ2) is 9.20. The Bertz CT molecular complexity index is 1010. The maximum Gasteiger partial charge on any atom is 0.351 e. The Morgan fingerprint density at radius 2 is 1.86 bits per heavy atom. The van der Waals surface area contributed by atoms with E-state index in [4.69, 9.17) is 4.74 Å². The van der Waals surface area contributed by atoms with Gasteiger partial charge in [-0.1, -0.05) is 30.3 Å². The third kappa shape index (κ3) is 5.11. The topological polar surface area (TPSA) is 98.4 Å². The first-order valence-corrected chi connectivity index (χ1v) is 9.29. The van der Waals surface area contributed by atoms with Crippen molar-refractivity contribution in [1.82, 2.24) is 19.7 Å². The number of carbonyl (C=O) groups excluding carboxylic acids is 1. The van der Waals surface area contributed by atoms with Crippen LogP contribution in [0.15, 0.2) is 59.4 Å². The fraction of sp³-hybridized carbons (Fsp3) is 0.286. The number of nitrogens with one attached hydrogen (secondary N) is 1. The molecule has 0 aliphatic rings. The number of amides is 1. The number of carbonyl (C=O) groups is 1. The van der Waals surface area contributed by atoms with E-state index in [0.717, 1.165) is 5.56 Å². The molecule has 1 atom stereocenters. The first-order chi connectivity index (χ1) is 14.0. The fourth-order valence-electron chi connectivity index (χ4n) is 2.86. The number of aliphatic hydroxyl groups excluding tert-OH is 1. The van der Waals surface area contributed by atoms with Crippen molar-refractivity contribution >= 4 is 5.91 Å². The fourth-order valence-corrected chi connectivity index (χ4v) is 2.86. The van der Waals surface area contributed by atoms with Crippen LogP contribution in [0.2, 0.25) is 0 Å². The lowest BCUT2D eigenvalue weighted by Gasteiger charge is -2.08. The van der Waals surface area contributed by atoms with Gasteiger partial charge < -0.3 is 15.2 Å². The number of benzene rings is 2. The highest BCUT2D eigenvalue weighted by molar-refractivity contribution is 5.75. The quantitative estimate of drug-likeness (QED) is 0.595. The summed E-state index contributed by atoms with van der Waals surface area (Å²) in [6.07, 6.45) is -0.260. The van der Waals surface area contributed by atoms with E-state index >= 15 is 0 Å². The summed E-state index contributed by atoms with van der Waals surface area (Å²) in [6.45, 7) is 1.52. The number of rotatable bonds is 8. The Morgan fingerprint density at radius 1 is 1.17 bits per heavy atom. The molecule has 3 aromatic rings. The SMILES string of the molecule is COc1ccc(-n2nc(Cc3ccccc3)n(CC(=O)NC[C@H](C)O)c2=O)cc1. The molecule has 0 aliphatic carbocycles. The number of hydrogen-bond donors (Lipinski definition) is 2. The zero-order valence-electron chi connectivity index (χ0n) is 16.4. The number of hydrogen-bond acceptors (Lipinski definition) is 5. The molecule has 0 saturated carbocycles. The summed E-state index contributed by atoms with van der Waals surface area (Å²) >= 11 is 0. The molecule has 3 rings (SSSR count). The molecule has 1 heterocycles. The van der Waals surface area contributed by atoms with Crippen molar-refractivity contribution in [3.8, 4) is 11.4 Å². The van der Waals surface area contributed by atoms with Crippen molar-refractivity contribution in [3.05, 3.63) is 76.5 Å². The molecule has 0 spiro atoms. The van der Waals surface area contributed by atoms with Crippen LogP contribution in [0, 0.1) is 0 Å².